The number of aromatic hydroxyl groups is 1. The van der Waals surface area contributed by atoms with Crippen molar-refractivity contribution in [2.75, 3.05) is 7.11 Å². The fourth-order valence-electron chi connectivity index (χ4n) is 1.41. The van der Waals surface area contributed by atoms with E-state index in [1.807, 2.05) is 0 Å². The molecule has 1 unspecified atom stereocenters. The van der Waals surface area contributed by atoms with Crippen LogP contribution in [0.1, 0.15) is 5.56 Å². The Morgan fingerprint density at radius 1 is 1.58 bits per heavy atom. The number of nitro groups is 1. The molecule has 0 aliphatic carbocycles. The zero-order valence-corrected chi connectivity index (χ0v) is 11.2. The molecule has 9 heteroatoms. The minimum absolute atomic E-state index is 0.0407. The maximum atomic E-state index is 11.2. The van der Waals surface area contributed by atoms with Crippen LogP contribution in [-0.4, -0.2) is 29.2 Å². The Morgan fingerprint density at radius 3 is 2.63 bits per heavy atom. The number of phenolic OH excluding ortho intramolecular Hbond substituents is 1. The van der Waals surface area contributed by atoms with Crippen molar-refractivity contribution < 1.29 is 19.6 Å². The largest absolute Gasteiger partial charge is 0.506 e. The van der Waals surface area contributed by atoms with Gasteiger partial charge in [-0.1, -0.05) is 23.2 Å². The maximum absolute atomic E-state index is 11.2. The van der Waals surface area contributed by atoms with Crippen molar-refractivity contribution in [1.29, 1.82) is 0 Å². The van der Waals surface area contributed by atoms with Crippen LogP contribution in [0.2, 0.25) is 10.0 Å². The second-order valence-electron chi connectivity index (χ2n) is 3.62. The number of methoxy groups -OCH3 is 1. The lowest BCUT2D eigenvalue weighted by Gasteiger charge is -2.12. The molecule has 7 nitrogen and oxygen atoms in total. The van der Waals surface area contributed by atoms with Gasteiger partial charge in [-0.05, 0) is 0 Å². The molecule has 0 radical (unpaired) electrons. The summed E-state index contributed by atoms with van der Waals surface area (Å²) in [5.41, 5.74) is 5.08. The summed E-state index contributed by atoms with van der Waals surface area (Å²) in [6.07, 6.45) is -0.170. The number of rotatable bonds is 4. The number of nitrogens with zero attached hydrogens (tertiary/aromatic N) is 1. The summed E-state index contributed by atoms with van der Waals surface area (Å²) in [6, 6.07) is -0.0560. The Kier molecular flexibility index (Phi) is 4.93. The van der Waals surface area contributed by atoms with E-state index in [1.165, 1.54) is 0 Å². The van der Waals surface area contributed by atoms with Gasteiger partial charge in [0.15, 0.2) is 0 Å². The number of nitro benzene ring substituents is 1. The van der Waals surface area contributed by atoms with Gasteiger partial charge in [0.05, 0.1) is 12.0 Å². The first-order chi connectivity index (χ1) is 8.79. The van der Waals surface area contributed by atoms with Crippen LogP contribution in [0.4, 0.5) is 5.69 Å². The van der Waals surface area contributed by atoms with Crippen molar-refractivity contribution in [2.45, 2.75) is 12.5 Å². The number of hydrogen-bond donors (Lipinski definition) is 2. The number of halogens is 2. The number of nitrogens with two attached hydrogens (primary N) is 1. The first-order valence-corrected chi connectivity index (χ1v) is 5.72. The zero-order valence-electron chi connectivity index (χ0n) is 9.72. The third-order valence-corrected chi connectivity index (χ3v) is 3.23. The summed E-state index contributed by atoms with van der Waals surface area (Å²) in [5, 5.41) is 19.8. The number of benzene rings is 1. The van der Waals surface area contributed by atoms with Gasteiger partial charge in [-0.25, -0.2) is 0 Å². The minimum atomic E-state index is -1.08. The van der Waals surface area contributed by atoms with E-state index in [0.29, 0.717) is 0 Å². The molecule has 1 atom stereocenters. The van der Waals surface area contributed by atoms with Crippen LogP contribution in [0.25, 0.3) is 0 Å². The highest BCUT2D eigenvalue weighted by Crippen LogP contribution is 2.41. The van der Waals surface area contributed by atoms with Crippen LogP contribution < -0.4 is 5.73 Å². The fraction of sp³-hybridized carbons (Fsp3) is 0.300. The van der Waals surface area contributed by atoms with E-state index in [1.54, 1.807) is 0 Å². The zero-order chi connectivity index (χ0) is 14.7. The third-order valence-electron chi connectivity index (χ3n) is 2.38. The molecular formula is C10H10Cl2N2O5. The van der Waals surface area contributed by atoms with E-state index in [-0.39, 0.29) is 22.0 Å². The van der Waals surface area contributed by atoms with Crippen molar-refractivity contribution in [3.05, 3.63) is 31.8 Å². The van der Waals surface area contributed by atoms with Crippen molar-refractivity contribution in [2.24, 2.45) is 5.73 Å². The second kappa shape index (κ2) is 6.05. The second-order valence-corrected chi connectivity index (χ2v) is 4.38. The minimum Gasteiger partial charge on any atom is -0.506 e. The van der Waals surface area contributed by atoms with Crippen molar-refractivity contribution in [3.8, 4) is 5.75 Å². The van der Waals surface area contributed by atoms with Gasteiger partial charge in [-0.3, -0.25) is 14.9 Å². The average Bonchev–Trinajstić information content (AvgIpc) is 2.37. The number of carbonyl (C=O) groups excluding carboxylic acids is 1. The molecule has 19 heavy (non-hydrogen) atoms. The summed E-state index contributed by atoms with van der Waals surface area (Å²) in [7, 11) is 1.15. The van der Waals surface area contributed by atoms with Crippen LogP contribution in [0.5, 0.6) is 5.75 Å². The molecule has 0 saturated heterocycles. The topological polar surface area (TPSA) is 116 Å². The highest BCUT2D eigenvalue weighted by atomic mass is 35.5. The van der Waals surface area contributed by atoms with Gasteiger partial charge in [-0.2, -0.15) is 0 Å². The molecule has 0 spiro atoms. The lowest BCUT2D eigenvalue weighted by Crippen LogP contribution is -2.33. The number of hydrogen-bond acceptors (Lipinski definition) is 6. The Morgan fingerprint density at radius 2 is 2.16 bits per heavy atom. The standard InChI is InChI=1S/C10H10Cl2N2O5/c1-19-10(16)5(13)2-4-3-6(14(17)18)7(11)8(12)9(4)15/h3,5,15H,2,13H2,1H3. The number of carbonyl (C=O) groups is 1. The first kappa shape index (κ1) is 15.5. The van der Waals surface area contributed by atoms with E-state index >= 15 is 0 Å². The summed E-state index contributed by atoms with van der Waals surface area (Å²) in [4.78, 5) is 21.2. The summed E-state index contributed by atoms with van der Waals surface area (Å²) in [6.45, 7) is 0. The van der Waals surface area contributed by atoms with Gasteiger partial charge >= 0.3 is 5.97 Å². The molecule has 3 N–H and O–H groups in total. The van der Waals surface area contributed by atoms with Gasteiger partial charge in [0.2, 0.25) is 0 Å². The average molecular weight is 309 g/mol. The maximum Gasteiger partial charge on any atom is 0.322 e. The summed E-state index contributed by atoms with van der Waals surface area (Å²) < 4.78 is 4.42. The molecule has 0 bridgehead atoms. The number of ether oxygens (including phenoxy) is 1. The molecule has 104 valence electrons. The smallest absolute Gasteiger partial charge is 0.322 e. The Hall–Kier alpha value is -1.57. The molecule has 0 amide bonds. The van der Waals surface area contributed by atoms with Gasteiger partial charge < -0.3 is 15.6 Å². The lowest BCUT2D eigenvalue weighted by molar-refractivity contribution is -0.384. The molecule has 0 heterocycles. The molecule has 1 aromatic carbocycles. The third kappa shape index (κ3) is 3.25. The van der Waals surface area contributed by atoms with Gasteiger partial charge in [-0.15, -0.1) is 0 Å². The monoisotopic (exact) mass is 308 g/mol. The predicted octanol–water partition coefficient (Wildman–Crippen LogP) is 1.65. The Balaban J connectivity index is 3.22. The van der Waals surface area contributed by atoms with E-state index in [4.69, 9.17) is 28.9 Å². The molecule has 0 aromatic heterocycles. The van der Waals surface area contributed by atoms with Crippen molar-refractivity contribution in [3.63, 3.8) is 0 Å². The molecule has 1 rings (SSSR count). The Bertz CT molecular complexity index is 535. The number of esters is 1. The Labute approximate surface area is 118 Å². The van der Waals surface area contributed by atoms with Crippen LogP contribution in [0.15, 0.2) is 6.07 Å². The normalized spacial score (nSPS) is 12.0. The van der Waals surface area contributed by atoms with E-state index < -0.39 is 28.4 Å². The van der Waals surface area contributed by atoms with Crippen LogP contribution >= 0.6 is 23.2 Å². The highest BCUT2D eigenvalue weighted by molar-refractivity contribution is 6.44. The molecule has 0 aliphatic rings. The fourth-order valence-corrected chi connectivity index (χ4v) is 1.85. The number of phenols is 1. The van der Waals surface area contributed by atoms with Crippen molar-refractivity contribution in [1.82, 2.24) is 0 Å². The first-order valence-electron chi connectivity index (χ1n) is 4.97. The van der Waals surface area contributed by atoms with Crippen molar-refractivity contribution >= 4 is 34.9 Å². The van der Waals surface area contributed by atoms with Gasteiger partial charge in [0.1, 0.15) is 21.8 Å². The predicted molar refractivity (Wildman–Crippen MR) is 68.5 cm³/mol. The lowest BCUT2D eigenvalue weighted by atomic mass is 10.0. The molecule has 1 aromatic rings. The molecule has 0 saturated carbocycles. The van der Waals surface area contributed by atoms with Crippen LogP contribution in [0.3, 0.4) is 0 Å². The SMILES string of the molecule is COC(=O)C(N)Cc1cc([N+](=O)[O-])c(Cl)c(Cl)c1O. The highest BCUT2D eigenvalue weighted by Gasteiger charge is 2.25. The molecule has 0 fully saturated rings. The van der Waals surface area contributed by atoms with Crippen LogP contribution in [-0.2, 0) is 16.0 Å². The summed E-state index contributed by atoms with van der Waals surface area (Å²) >= 11 is 11.3. The molecule has 0 aliphatic heterocycles. The van der Waals surface area contributed by atoms with E-state index in [0.717, 1.165) is 13.2 Å². The van der Waals surface area contributed by atoms with E-state index in [9.17, 15) is 20.0 Å². The van der Waals surface area contributed by atoms with Gasteiger partial charge in [0, 0.05) is 18.1 Å². The van der Waals surface area contributed by atoms with E-state index in [2.05, 4.69) is 4.74 Å². The summed E-state index contributed by atoms with van der Waals surface area (Å²) in [5.74, 6) is -1.16. The van der Waals surface area contributed by atoms with Gasteiger partial charge in [0.25, 0.3) is 5.69 Å². The van der Waals surface area contributed by atoms with Crippen LogP contribution in [0, 0.1) is 10.1 Å². The quantitative estimate of drug-likeness (QED) is 0.496. The molecular weight excluding hydrogens is 299 g/mol.